The molecule has 0 radical (unpaired) electrons. The molecule has 2 bridgehead atoms. The average Bonchev–Trinajstić information content (AvgIpc) is 3.02. The summed E-state index contributed by atoms with van der Waals surface area (Å²) in [7, 11) is 0. The van der Waals surface area contributed by atoms with Gasteiger partial charge in [-0.3, -0.25) is 0 Å². The third-order valence-corrected chi connectivity index (χ3v) is 4.93. The first-order chi connectivity index (χ1) is 9.85. The van der Waals surface area contributed by atoms with Crippen LogP contribution in [0.25, 0.3) is 0 Å². The summed E-state index contributed by atoms with van der Waals surface area (Å²) in [6.45, 7) is 1.65. The molecule has 2 N–H and O–H groups in total. The van der Waals surface area contributed by atoms with Gasteiger partial charge in [-0.05, 0) is 35.2 Å². The van der Waals surface area contributed by atoms with Gasteiger partial charge in [-0.2, -0.15) is 0 Å². The fourth-order valence-corrected chi connectivity index (χ4v) is 3.91. The van der Waals surface area contributed by atoms with E-state index in [9.17, 15) is 10.2 Å². The average molecular weight is 274 g/mol. The molecule has 2 aliphatic carbocycles. The van der Waals surface area contributed by atoms with E-state index in [2.05, 4.69) is 24.3 Å². The van der Waals surface area contributed by atoms with Gasteiger partial charge in [-0.1, -0.05) is 42.5 Å². The fraction of sp³-hybridized carbons (Fsp3) is 0.529. The van der Waals surface area contributed by atoms with Gasteiger partial charge >= 0.3 is 0 Å². The molecule has 1 aromatic rings. The summed E-state index contributed by atoms with van der Waals surface area (Å²) in [5.41, 5.74) is 1.18. The van der Waals surface area contributed by atoms with E-state index < -0.39 is 0 Å². The minimum atomic E-state index is 0.159. The molecule has 1 fully saturated rings. The maximum absolute atomic E-state index is 9.53. The second-order valence-corrected chi connectivity index (χ2v) is 5.90. The van der Waals surface area contributed by atoms with Crippen LogP contribution in [0.2, 0.25) is 0 Å². The predicted octanol–water partition coefficient (Wildman–Crippen LogP) is 1.85. The summed E-state index contributed by atoms with van der Waals surface area (Å²) in [6.07, 6.45) is 4.41. The zero-order valence-electron chi connectivity index (χ0n) is 11.6. The number of aliphatic hydroxyl groups excluding tert-OH is 2. The van der Waals surface area contributed by atoms with E-state index in [1.165, 1.54) is 5.56 Å². The first-order valence-electron chi connectivity index (χ1n) is 7.37. The van der Waals surface area contributed by atoms with Crippen LogP contribution in [-0.4, -0.2) is 30.0 Å². The number of hydrogen-bond acceptors (Lipinski definition) is 3. The van der Waals surface area contributed by atoms with Crippen molar-refractivity contribution in [2.24, 2.45) is 29.6 Å². The molecule has 108 valence electrons. The SMILES string of the molecule is OC[C@@H]1[C@H](CO)[C@@H]2C=C[C@H]1C2COCc1ccccc1. The van der Waals surface area contributed by atoms with E-state index in [0.717, 1.165) is 0 Å². The normalized spacial score (nSPS) is 34.8. The molecule has 1 saturated carbocycles. The first-order valence-corrected chi connectivity index (χ1v) is 7.37. The van der Waals surface area contributed by atoms with Crippen LogP contribution in [0.5, 0.6) is 0 Å². The summed E-state index contributed by atoms with van der Waals surface area (Å²) < 4.78 is 5.87. The fourth-order valence-electron chi connectivity index (χ4n) is 3.91. The van der Waals surface area contributed by atoms with E-state index in [-0.39, 0.29) is 25.0 Å². The third kappa shape index (κ3) is 2.41. The lowest BCUT2D eigenvalue weighted by atomic mass is 9.84. The minimum absolute atomic E-state index is 0.159. The monoisotopic (exact) mass is 274 g/mol. The van der Waals surface area contributed by atoms with Gasteiger partial charge in [0.05, 0.1) is 13.2 Å². The van der Waals surface area contributed by atoms with Crippen LogP contribution in [0.4, 0.5) is 0 Å². The molecule has 0 amide bonds. The second kappa shape index (κ2) is 6.08. The first kappa shape index (κ1) is 13.8. The van der Waals surface area contributed by atoms with Crippen LogP contribution in [0.15, 0.2) is 42.5 Å². The van der Waals surface area contributed by atoms with Crippen molar-refractivity contribution >= 4 is 0 Å². The maximum atomic E-state index is 9.53. The lowest BCUT2D eigenvalue weighted by Crippen LogP contribution is -2.25. The number of fused-ring (bicyclic) bond motifs is 2. The van der Waals surface area contributed by atoms with Gasteiger partial charge < -0.3 is 14.9 Å². The second-order valence-electron chi connectivity index (χ2n) is 5.90. The Bertz CT molecular complexity index is 437. The highest BCUT2D eigenvalue weighted by atomic mass is 16.5. The Balaban J connectivity index is 1.57. The standard InChI is InChI=1S/C17H22O3/c18-8-15-13-6-7-14(16(15)9-19)17(13)11-20-10-12-4-2-1-3-5-12/h1-7,13-19H,8-11H2/t13-,14+,15+,16-,17?. The molecule has 20 heavy (non-hydrogen) atoms. The van der Waals surface area contributed by atoms with Crippen molar-refractivity contribution in [1.29, 1.82) is 0 Å². The topological polar surface area (TPSA) is 49.7 Å². The van der Waals surface area contributed by atoms with Crippen LogP contribution in [-0.2, 0) is 11.3 Å². The highest BCUT2D eigenvalue weighted by Gasteiger charge is 2.50. The van der Waals surface area contributed by atoms with E-state index in [1.54, 1.807) is 0 Å². The van der Waals surface area contributed by atoms with Crippen molar-refractivity contribution in [3.63, 3.8) is 0 Å². The van der Waals surface area contributed by atoms with Crippen molar-refractivity contribution in [2.75, 3.05) is 19.8 Å². The Morgan fingerprint density at radius 1 is 0.850 bits per heavy atom. The van der Waals surface area contributed by atoms with Crippen molar-refractivity contribution in [3.05, 3.63) is 48.0 Å². The molecule has 5 atom stereocenters. The van der Waals surface area contributed by atoms with E-state index in [4.69, 9.17) is 4.74 Å². The van der Waals surface area contributed by atoms with Crippen molar-refractivity contribution < 1.29 is 14.9 Å². The molecule has 1 aromatic carbocycles. The Morgan fingerprint density at radius 3 is 2.00 bits per heavy atom. The lowest BCUT2D eigenvalue weighted by Gasteiger charge is -2.23. The summed E-state index contributed by atoms with van der Waals surface area (Å²) in [6, 6.07) is 10.2. The molecule has 3 nitrogen and oxygen atoms in total. The minimum Gasteiger partial charge on any atom is -0.396 e. The number of hydrogen-bond donors (Lipinski definition) is 2. The lowest BCUT2D eigenvalue weighted by molar-refractivity contribution is 0.0695. The molecule has 3 heteroatoms. The largest absolute Gasteiger partial charge is 0.396 e. The smallest absolute Gasteiger partial charge is 0.0717 e. The zero-order valence-corrected chi connectivity index (χ0v) is 11.6. The third-order valence-electron chi connectivity index (χ3n) is 4.93. The number of ether oxygens (including phenoxy) is 1. The quantitative estimate of drug-likeness (QED) is 0.778. The van der Waals surface area contributed by atoms with Gasteiger partial charge in [0, 0.05) is 13.2 Å². The van der Waals surface area contributed by atoms with Gasteiger partial charge in [0.25, 0.3) is 0 Å². The summed E-state index contributed by atoms with van der Waals surface area (Å²) >= 11 is 0. The number of rotatable bonds is 6. The Morgan fingerprint density at radius 2 is 1.45 bits per heavy atom. The van der Waals surface area contributed by atoms with Crippen molar-refractivity contribution in [3.8, 4) is 0 Å². The molecular formula is C17H22O3. The van der Waals surface area contributed by atoms with E-state index in [1.807, 2.05) is 18.2 Å². The van der Waals surface area contributed by atoms with Crippen LogP contribution >= 0.6 is 0 Å². The van der Waals surface area contributed by atoms with E-state index in [0.29, 0.717) is 31.0 Å². The molecule has 1 unspecified atom stereocenters. The number of aliphatic hydroxyl groups is 2. The highest BCUT2D eigenvalue weighted by molar-refractivity contribution is 5.18. The van der Waals surface area contributed by atoms with Crippen molar-refractivity contribution in [1.82, 2.24) is 0 Å². The predicted molar refractivity (Wildman–Crippen MR) is 76.9 cm³/mol. The van der Waals surface area contributed by atoms with Gasteiger partial charge in [0.1, 0.15) is 0 Å². The van der Waals surface area contributed by atoms with Gasteiger partial charge in [0.2, 0.25) is 0 Å². The number of benzene rings is 1. The van der Waals surface area contributed by atoms with Crippen LogP contribution < -0.4 is 0 Å². The Hall–Kier alpha value is -1.16. The van der Waals surface area contributed by atoms with Gasteiger partial charge in [-0.15, -0.1) is 0 Å². The van der Waals surface area contributed by atoms with Crippen molar-refractivity contribution in [2.45, 2.75) is 6.61 Å². The van der Waals surface area contributed by atoms with Gasteiger partial charge in [-0.25, -0.2) is 0 Å². The Kier molecular flexibility index (Phi) is 4.20. The van der Waals surface area contributed by atoms with Gasteiger partial charge in [0.15, 0.2) is 0 Å². The molecule has 0 aromatic heterocycles. The van der Waals surface area contributed by atoms with E-state index >= 15 is 0 Å². The molecule has 0 spiro atoms. The number of allylic oxidation sites excluding steroid dienone is 2. The summed E-state index contributed by atoms with van der Waals surface area (Å²) in [5, 5.41) is 19.1. The highest BCUT2D eigenvalue weighted by Crippen LogP contribution is 2.51. The molecular weight excluding hydrogens is 252 g/mol. The van der Waals surface area contributed by atoms with Crippen LogP contribution in [0, 0.1) is 29.6 Å². The molecule has 0 saturated heterocycles. The Labute approximate surface area is 119 Å². The maximum Gasteiger partial charge on any atom is 0.0717 e. The molecule has 2 aliphatic rings. The van der Waals surface area contributed by atoms with Crippen LogP contribution in [0.1, 0.15) is 5.56 Å². The molecule has 3 rings (SSSR count). The van der Waals surface area contributed by atoms with Crippen LogP contribution in [0.3, 0.4) is 0 Å². The molecule has 0 aliphatic heterocycles. The summed E-state index contributed by atoms with van der Waals surface area (Å²) in [5.74, 6) is 1.52. The summed E-state index contributed by atoms with van der Waals surface area (Å²) in [4.78, 5) is 0. The zero-order chi connectivity index (χ0) is 13.9. The molecule has 0 heterocycles.